The standard InChI is InChI=1S/C15H18O2/c1-2-17-15(16)13-9-4-3-6-10-14-11-7-5-8-12-14/h5-13H,2-4H2,1H3. The fraction of sp³-hybridized carbons (Fsp3) is 0.267. The molecule has 0 atom stereocenters. The normalized spacial score (nSPS) is 11.1. The van der Waals surface area contributed by atoms with Gasteiger partial charge in [0.2, 0.25) is 0 Å². The van der Waals surface area contributed by atoms with E-state index in [9.17, 15) is 4.79 Å². The van der Waals surface area contributed by atoms with Gasteiger partial charge in [0.25, 0.3) is 0 Å². The van der Waals surface area contributed by atoms with Crippen LogP contribution in [0.15, 0.2) is 48.6 Å². The van der Waals surface area contributed by atoms with Gasteiger partial charge in [-0.05, 0) is 25.3 Å². The maximum atomic E-state index is 11.0. The summed E-state index contributed by atoms with van der Waals surface area (Å²) in [5, 5.41) is 0. The molecule has 1 aromatic carbocycles. The summed E-state index contributed by atoms with van der Waals surface area (Å²) in [6.07, 6.45) is 9.28. The molecule has 17 heavy (non-hydrogen) atoms. The molecule has 0 unspecified atom stereocenters. The zero-order valence-electron chi connectivity index (χ0n) is 10.1. The van der Waals surface area contributed by atoms with Crippen LogP contribution in [0.3, 0.4) is 0 Å². The van der Waals surface area contributed by atoms with Crippen LogP contribution in [0.4, 0.5) is 0 Å². The first kappa shape index (κ1) is 13.2. The molecule has 0 aromatic heterocycles. The average molecular weight is 230 g/mol. The zero-order chi connectivity index (χ0) is 12.3. The van der Waals surface area contributed by atoms with Crippen LogP contribution in [-0.4, -0.2) is 12.6 Å². The first-order valence-electron chi connectivity index (χ1n) is 5.88. The molecule has 0 aliphatic carbocycles. The molecule has 0 amide bonds. The van der Waals surface area contributed by atoms with E-state index in [0.29, 0.717) is 6.61 Å². The van der Waals surface area contributed by atoms with Gasteiger partial charge in [-0.25, -0.2) is 4.79 Å². The quantitative estimate of drug-likeness (QED) is 0.424. The van der Waals surface area contributed by atoms with Crippen molar-refractivity contribution in [2.24, 2.45) is 0 Å². The van der Waals surface area contributed by atoms with Gasteiger partial charge in [-0.15, -0.1) is 0 Å². The molecule has 0 aliphatic rings. The Kier molecular flexibility index (Phi) is 6.49. The summed E-state index contributed by atoms with van der Waals surface area (Å²) in [5.41, 5.74) is 1.20. The van der Waals surface area contributed by atoms with Crippen molar-refractivity contribution in [3.63, 3.8) is 0 Å². The first-order valence-corrected chi connectivity index (χ1v) is 5.88. The van der Waals surface area contributed by atoms with Crippen molar-refractivity contribution in [1.29, 1.82) is 0 Å². The van der Waals surface area contributed by atoms with Crippen molar-refractivity contribution >= 4 is 12.0 Å². The minimum absolute atomic E-state index is 0.264. The van der Waals surface area contributed by atoms with Crippen molar-refractivity contribution in [1.82, 2.24) is 0 Å². The van der Waals surface area contributed by atoms with Crippen molar-refractivity contribution in [2.45, 2.75) is 19.8 Å². The second-order valence-corrected chi connectivity index (χ2v) is 3.54. The van der Waals surface area contributed by atoms with Crippen LogP contribution in [0.25, 0.3) is 6.08 Å². The molecule has 1 rings (SSSR count). The van der Waals surface area contributed by atoms with Crippen LogP contribution in [-0.2, 0) is 9.53 Å². The van der Waals surface area contributed by atoms with E-state index in [1.54, 1.807) is 6.92 Å². The highest BCUT2D eigenvalue weighted by Crippen LogP contribution is 2.03. The van der Waals surface area contributed by atoms with E-state index < -0.39 is 0 Å². The Bertz CT molecular complexity index is 377. The Balaban J connectivity index is 2.20. The third-order valence-corrected chi connectivity index (χ3v) is 2.15. The number of unbranched alkanes of at least 4 members (excludes halogenated alkanes) is 1. The molecule has 0 fully saturated rings. The van der Waals surface area contributed by atoms with Crippen LogP contribution in [0, 0.1) is 0 Å². The first-order chi connectivity index (χ1) is 8.33. The number of rotatable bonds is 6. The molecule has 2 heteroatoms. The molecule has 0 spiro atoms. The van der Waals surface area contributed by atoms with Crippen LogP contribution in [0.5, 0.6) is 0 Å². The number of hydrogen-bond acceptors (Lipinski definition) is 2. The number of carbonyl (C=O) groups is 1. The largest absolute Gasteiger partial charge is 0.463 e. The van der Waals surface area contributed by atoms with Crippen LogP contribution >= 0.6 is 0 Å². The Morgan fingerprint density at radius 2 is 1.88 bits per heavy atom. The molecule has 90 valence electrons. The number of benzene rings is 1. The van der Waals surface area contributed by atoms with Gasteiger partial charge in [-0.2, -0.15) is 0 Å². The van der Waals surface area contributed by atoms with E-state index >= 15 is 0 Å². The summed E-state index contributed by atoms with van der Waals surface area (Å²) in [6.45, 7) is 2.23. The molecule has 0 heterocycles. The van der Waals surface area contributed by atoms with Crippen LogP contribution < -0.4 is 0 Å². The van der Waals surface area contributed by atoms with E-state index in [2.05, 4.69) is 24.3 Å². The van der Waals surface area contributed by atoms with Gasteiger partial charge in [0.05, 0.1) is 6.61 Å². The number of allylic oxidation sites excluding steroid dienone is 2. The van der Waals surface area contributed by atoms with Crippen molar-refractivity contribution < 1.29 is 9.53 Å². The van der Waals surface area contributed by atoms with E-state index in [0.717, 1.165) is 12.8 Å². The van der Waals surface area contributed by atoms with Gasteiger partial charge in [0.15, 0.2) is 0 Å². The summed E-state index contributed by atoms with van der Waals surface area (Å²) in [6, 6.07) is 10.1. The summed E-state index contributed by atoms with van der Waals surface area (Å²) < 4.78 is 4.77. The lowest BCUT2D eigenvalue weighted by Gasteiger charge is -1.94. The predicted octanol–water partition coefficient (Wildman–Crippen LogP) is 3.60. The minimum Gasteiger partial charge on any atom is -0.463 e. The van der Waals surface area contributed by atoms with E-state index in [1.165, 1.54) is 11.6 Å². The highest BCUT2D eigenvalue weighted by Gasteiger charge is 1.91. The fourth-order valence-corrected chi connectivity index (χ4v) is 1.35. The van der Waals surface area contributed by atoms with Crippen molar-refractivity contribution in [2.75, 3.05) is 6.61 Å². The molecule has 0 saturated heterocycles. The number of hydrogen-bond donors (Lipinski definition) is 0. The lowest BCUT2D eigenvalue weighted by Crippen LogP contribution is -1.98. The Morgan fingerprint density at radius 1 is 1.18 bits per heavy atom. The molecule has 0 radical (unpaired) electrons. The Hall–Kier alpha value is -1.83. The van der Waals surface area contributed by atoms with Crippen LogP contribution in [0.2, 0.25) is 0 Å². The SMILES string of the molecule is CCOC(=O)C=CCCC=Cc1ccccc1. The zero-order valence-corrected chi connectivity index (χ0v) is 10.1. The van der Waals surface area contributed by atoms with Crippen molar-refractivity contribution in [3.8, 4) is 0 Å². The average Bonchev–Trinajstić information content (AvgIpc) is 2.35. The maximum absolute atomic E-state index is 11.0. The highest BCUT2D eigenvalue weighted by molar-refractivity contribution is 5.81. The second-order valence-electron chi connectivity index (χ2n) is 3.54. The molecule has 0 saturated carbocycles. The summed E-state index contributed by atoms with van der Waals surface area (Å²) in [4.78, 5) is 11.0. The third kappa shape index (κ3) is 6.36. The third-order valence-electron chi connectivity index (χ3n) is 2.15. The van der Waals surface area contributed by atoms with Gasteiger partial charge in [-0.1, -0.05) is 48.6 Å². The number of ether oxygens (including phenoxy) is 1. The monoisotopic (exact) mass is 230 g/mol. The number of carbonyl (C=O) groups excluding carboxylic acids is 1. The molecular formula is C15H18O2. The van der Waals surface area contributed by atoms with Gasteiger partial charge in [-0.3, -0.25) is 0 Å². The van der Waals surface area contributed by atoms with Crippen LogP contribution in [0.1, 0.15) is 25.3 Å². The maximum Gasteiger partial charge on any atom is 0.330 e. The molecule has 0 aliphatic heterocycles. The van der Waals surface area contributed by atoms with Gasteiger partial charge < -0.3 is 4.74 Å². The number of esters is 1. The highest BCUT2D eigenvalue weighted by atomic mass is 16.5. The van der Waals surface area contributed by atoms with E-state index in [4.69, 9.17) is 4.74 Å². The molecular weight excluding hydrogens is 212 g/mol. The molecule has 1 aromatic rings. The molecule has 0 bridgehead atoms. The predicted molar refractivity (Wildman–Crippen MR) is 70.5 cm³/mol. The minimum atomic E-state index is -0.264. The molecule has 0 N–H and O–H groups in total. The van der Waals surface area contributed by atoms with Crippen molar-refractivity contribution in [3.05, 3.63) is 54.1 Å². The molecule has 2 nitrogen and oxygen atoms in total. The lowest BCUT2D eigenvalue weighted by atomic mass is 10.2. The Morgan fingerprint density at radius 3 is 2.59 bits per heavy atom. The van der Waals surface area contributed by atoms with Gasteiger partial charge in [0.1, 0.15) is 0 Å². The summed E-state index contributed by atoms with van der Waals surface area (Å²) in [7, 11) is 0. The Labute approximate surface area is 103 Å². The smallest absolute Gasteiger partial charge is 0.330 e. The van der Waals surface area contributed by atoms with Gasteiger partial charge in [0, 0.05) is 6.08 Å². The van der Waals surface area contributed by atoms with E-state index in [1.807, 2.05) is 24.3 Å². The second kappa shape index (κ2) is 8.34. The fourth-order valence-electron chi connectivity index (χ4n) is 1.35. The topological polar surface area (TPSA) is 26.3 Å². The van der Waals surface area contributed by atoms with Gasteiger partial charge >= 0.3 is 5.97 Å². The summed E-state index contributed by atoms with van der Waals surface area (Å²) >= 11 is 0. The lowest BCUT2D eigenvalue weighted by molar-refractivity contribution is -0.137. The summed E-state index contributed by atoms with van der Waals surface area (Å²) in [5.74, 6) is -0.264. The van der Waals surface area contributed by atoms with E-state index in [-0.39, 0.29) is 5.97 Å².